The molecule has 3 heteroatoms. The molecule has 3 nitrogen and oxygen atoms in total. The number of hydrogen-bond donors (Lipinski definition) is 0. The van der Waals surface area contributed by atoms with Crippen LogP contribution in [0.1, 0.15) is 58.9 Å². The Morgan fingerprint density at radius 2 is 1.73 bits per heavy atom. The van der Waals surface area contributed by atoms with E-state index in [4.69, 9.17) is 4.74 Å². The molecule has 0 N–H and O–H groups in total. The van der Waals surface area contributed by atoms with Gasteiger partial charge in [-0.2, -0.15) is 0 Å². The summed E-state index contributed by atoms with van der Waals surface area (Å²) < 4.78 is 5.53. The van der Waals surface area contributed by atoms with Crippen LogP contribution < -0.4 is 0 Å². The lowest BCUT2D eigenvalue weighted by Gasteiger charge is -2.27. The second kappa shape index (κ2) is 9.50. The van der Waals surface area contributed by atoms with Gasteiger partial charge in [0, 0.05) is 13.1 Å². The van der Waals surface area contributed by atoms with E-state index in [1.54, 1.807) is 0 Å². The van der Waals surface area contributed by atoms with Crippen LogP contribution in [0.4, 0.5) is 4.79 Å². The van der Waals surface area contributed by atoms with Gasteiger partial charge in [-0.15, -0.1) is 0 Å². The molecule has 0 atom stereocenters. The molecule has 1 aromatic carbocycles. The molecule has 1 rings (SSSR count). The van der Waals surface area contributed by atoms with Crippen molar-refractivity contribution in [2.45, 2.75) is 65.4 Å². The molecule has 0 aliphatic rings. The molecule has 0 heterocycles. The van der Waals surface area contributed by atoms with Crippen molar-refractivity contribution >= 4 is 6.09 Å². The summed E-state index contributed by atoms with van der Waals surface area (Å²) in [7, 11) is 0. The van der Waals surface area contributed by atoms with E-state index in [2.05, 4.69) is 19.1 Å². The predicted molar refractivity (Wildman–Crippen MR) is 92.1 cm³/mol. The van der Waals surface area contributed by atoms with E-state index in [0.717, 1.165) is 19.4 Å². The van der Waals surface area contributed by atoms with Crippen LogP contribution in [0.3, 0.4) is 0 Å². The number of hydrogen-bond acceptors (Lipinski definition) is 2. The Morgan fingerprint density at radius 3 is 2.32 bits per heavy atom. The molecular formula is C19H31NO2. The Labute approximate surface area is 135 Å². The van der Waals surface area contributed by atoms with Crippen molar-refractivity contribution in [1.82, 2.24) is 4.90 Å². The van der Waals surface area contributed by atoms with E-state index in [-0.39, 0.29) is 6.09 Å². The van der Waals surface area contributed by atoms with E-state index >= 15 is 0 Å². The van der Waals surface area contributed by atoms with Crippen LogP contribution in [0.2, 0.25) is 0 Å². The van der Waals surface area contributed by atoms with Gasteiger partial charge >= 0.3 is 6.09 Å². The number of carbonyl (C=O) groups is 1. The van der Waals surface area contributed by atoms with E-state index in [1.807, 2.05) is 43.9 Å². The Kier molecular flexibility index (Phi) is 8.00. The number of ether oxygens (including phenoxy) is 1. The minimum atomic E-state index is -0.439. The zero-order chi connectivity index (χ0) is 16.4. The third-order valence-corrected chi connectivity index (χ3v) is 3.45. The fourth-order valence-corrected chi connectivity index (χ4v) is 2.26. The maximum atomic E-state index is 12.3. The monoisotopic (exact) mass is 305 g/mol. The molecule has 0 aliphatic carbocycles. The van der Waals surface area contributed by atoms with Crippen molar-refractivity contribution < 1.29 is 9.53 Å². The summed E-state index contributed by atoms with van der Waals surface area (Å²) in [6.07, 6.45) is 5.31. The van der Waals surface area contributed by atoms with Crippen molar-refractivity contribution in [2.75, 3.05) is 13.1 Å². The second-order valence-electron chi connectivity index (χ2n) is 6.76. The van der Waals surface area contributed by atoms with E-state index in [9.17, 15) is 4.79 Å². The van der Waals surface area contributed by atoms with E-state index in [1.165, 1.54) is 24.8 Å². The van der Waals surface area contributed by atoms with E-state index in [0.29, 0.717) is 6.54 Å². The SMILES string of the molecule is CCCCCCN(CCc1ccccc1)C(=O)OC(C)(C)C. The molecule has 0 unspecified atom stereocenters. The molecule has 1 aromatic rings. The quantitative estimate of drug-likeness (QED) is 0.629. The molecular weight excluding hydrogens is 274 g/mol. The van der Waals surface area contributed by atoms with Crippen molar-refractivity contribution in [3.63, 3.8) is 0 Å². The highest BCUT2D eigenvalue weighted by molar-refractivity contribution is 5.68. The molecule has 0 bridgehead atoms. The minimum Gasteiger partial charge on any atom is -0.444 e. The first-order valence-corrected chi connectivity index (χ1v) is 8.44. The van der Waals surface area contributed by atoms with Crippen LogP contribution in [0.5, 0.6) is 0 Å². The lowest BCUT2D eigenvalue weighted by atomic mass is 10.1. The van der Waals surface area contributed by atoms with Crippen LogP contribution in [0, 0.1) is 0 Å². The molecule has 0 saturated carbocycles. The summed E-state index contributed by atoms with van der Waals surface area (Å²) in [4.78, 5) is 14.2. The lowest BCUT2D eigenvalue weighted by Crippen LogP contribution is -2.38. The van der Waals surface area contributed by atoms with Crippen molar-refractivity contribution in [3.8, 4) is 0 Å². The van der Waals surface area contributed by atoms with Gasteiger partial charge in [-0.05, 0) is 39.2 Å². The van der Waals surface area contributed by atoms with Gasteiger partial charge in [-0.25, -0.2) is 4.79 Å². The average Bonchev–Trinajstić information content (AvgIpc) is 2.45. The maximum Gasteiger partial charge on any atom is 0.410 e. The van der Waals surface area contributed by atoms with E-state index < -0.39 is 5.60 Å². The maximum absolute atomic E-state index is 12.3. The zero-order valence-corrected chi connectivity index (χ0v) is 14.6. The van der Waals surface area contributed by atoms with Gasteiger partial charge in [0.25, 0.3) is 0 Å². The molecule has 124 valence electrons. The number of rotatable bonds is 8. The molecule has 1 amide bonds. The molecule has 0 spiro atoms. The van der Waals surface area contributed by atoms with Crippen LogP contribution in [0.15, 0.2) is 30.3 Å². The van der Waals surface area contributed by atoms with Gasteiger partial charge in [0.15, 0.2) is 0 Å². The zero-order valence-electron chi connectivity index (χ0n) is 14.6. The number of unbranched alkanes of at least 4 members (excludes halogenated alkanes) is 3. The largest absolute Gasteiger partial charge is 0.444 e. The number of benzene rings is 1. The van der Waals surface area contributed by atoms with Crippen LogP contribution >= 0.6 is 0 Å². The molecule has 0 saturated heterocycles. The summed E-state index contributed by atoms with van der Waals surface area (Å²) in [6.45, 7) is 9.43. The summed E-state index contributed by atoms with van der Waals surface area (Å²) >= 11 is 0. The first-order valence-electron chi connectivity index (χ1n) is 8.44. The summed E-state index contributed by atoms with van der Waals surface area (Å²) in [6, 6.07) is 10.3. The highest BCUT2D eigenvalue weighted by Crippen LogP contribution is 2.12. The molecule has 0 aromatic heterocycles. The first kappa shape index (κ1) is 18.5. The summed E-state index contributed by atoms with van der Waals surface area (Å²) in [5.41, 5.74) is 0.815. The number of carbonyl (C=O) groups excluding carboxylic acids is 1. The Bertz CT molecular complexity index is 423. The van der Waals surface area contributed by atoms with Crippen molar-refractivity contribution in [2.24, 2.45) is 0 Å². The highest BCUT2D eigenvalue weighted by Gasteiger charge is 2.21. The van der Waals surface area contributed by atoms with Gasteiger partial charge < -0.3 is 9.64 Å². The average molecular weight is 305 g/mol. The lowest BCUT2D eigenvalue weighted by molar-refractivity contribution is 0.0249. The van der Waals surface area contributed by atoms with Crippen LogP contribution in [-0.2, 0) is 11.2 Å². The fourth-order valence-electron chi connectivity index (χ4n) is 2.26. The number of amides is 1. The van der Waals surface area contributed by atoms with Gasteiger partial charge in [-0.1, -0.05) is 56.5 Å². The normalized spacial score (nSPS) is 11.3. The smallest absolute Gasteiger partial charge is 0.410 e. The third kappa shape index (κ3) is 8.06. The molecule has 0 aliphatic heterocycles. The van der Waals surface area contributed by atoms with Gasteiger partial charge in [0.1, 0.15) is 5.60 Å². The Hall–Kier alpha value is -1.51. The molecule has 22 heavy (non-hydrogen) atoms. The fraction of sp³-hybridized carbons (Fsp3) is 0.632. The molecule has 0 radical (unpaired) electrons. The topological polar surface area (TPSA) is 29.5 Å². The van der Waals surface area contributed by atoms with Crippen LogP contribution in [0.25, 0.3) is 0 Å². The summed E-state index contributed by atoms with van der Waals surface area (Å²) in [5.74, 6) is 0. The standard InChI is InChI=1S/C19H31NO2/c1-5-6-7-11-15-20(18(21)22-19(2,3)4)16-14-17-12-9-8-10-13-17/h8-10,12-13H,5-7,11,14-16H2,1-4H3. The Morgan fingerprint density at radius 1 is 1.05 bits per heavy atom. The Balaban J connectivity index is 2.54. The second-order valence-corrected chi connectivity index (χ2v) is 6.76. The van der Waals surface area contributed by atoms with Crippen LogP contribution in [-0.4, -0.2) is 29.7 Å². The van der Waals surface area contributed by atoms with Gasteiger partial charge in [0.05, 0.1) is 0 Å². The number of nitrogens with zero attached hydrogens (tertiary/aromatic N) is 1. The first-order chi connectivity index (χ1) is 10.4. The molecule has 0 fully saturated rings. The predicted octanol–water partition coefficient (Wildman–Crippen LogP) is 5.05. The van der Waals surface area contributed by atoms with Gasteiger partial charge in [0.2, 0.25) is 0 Å². The summed E-state index contributed by atoms with van der Waals surface area (Å²) in [5, 5.41) is 0. The van der Waals surface area contributed by atoms with Crippen molar-refractivity contribution in [3.05, 3.63) is 35.9 Å². The van der Waals surface area contributed by atoms with Gasteiger partial charge in [-0.3, -0.25) is 0 Å². The minimum absolute atomic E-state index is 0.195. The third-order valence-electron chi connectivity index (χ3n) is 3.45. The van der Waals surface area contributed by atoms with Crippen molar-refractivity contribution in [1.29, 1.82) is 0 Å². The highest BCUT2D eigenvalue weighted by atomic mass is 16.6.